The fraction of sp³-hybridized carbons (Fsp3) is 0.188. The molecule has 0 radical (unpaired) electrons. The van der Waals surface area contributed by atoms with Crippen molar-refractivity contribution in [3.05, 3.63) is 52.0 Å². The van der Waals surface area contributed by atoms with Gasteiger partial charge in [0.1, 0.15) is 11.3 Å². The molecular formula is C16H14BrNO5S. The van der Waals surface area contributed by atoms with Crippen molar-refractivity contribution in [1.29, 1.82) is 0 Å². The lowest BCUT2D eigenvalue weighted by molar-refractivity contribution is 0.0693. The largest absolute Gasteiger partial charge is 0.496 e. The van der Waals surface area contributed by atoms with Gasteiger partial charge in [-0.2, -0.15) is 0 Å². The lowest BCUT2D eigenvalue weighted by Crippen LogP contribution is -2.29. The zero-order chi connectivity index (χ0) is 17.5. The van der Waals surface area contributed by atoms with Crippen molar-refractivity contribution in [3.8, 4) is 5.75 Å². The number of carbonyl (C=O) groups is 1. The molecule has 0 fully saturated rings. The number of methoxy groups -OCH3 is 1. The molecule has 6 nitrogen and oxygen atoms in total. The quantitative estimate of drug-likeness (QED) is 0.835. The molecule has 2 aromatic carbocycles. The highest BCUT2D eigenvalue weighted by Crippen LogP contribution is 2.35. The zero-order valence-electron chi connectivity index (χ0n) is 12.7. The SMILES string of the molecule is COc1ccc(S(=O)(=O)N2CCc3cc(Br)ccc32)cc1C(=O)O. The van der Waals surface area contributed by atoms with Gasteiger partial charge in [-0.15, -0.1) is 0 Å². The third-order valence-electron chi connectivity index (χ3n) is 3.88. The third-order valence-corrected chi connectivity index (χ3v) is 6.19. The first-order valence-electron chi connectivity index (χ1n) is 7.07. The third kappa shape index (κ3) is 2.76. The van der Waals surface area contributed by atoms with Crippen LogP contribution in [0.3, 0.4) is 0 Å². The van der Waals surface area contributed by atoms with E-state index in [0.717, 1.165) is 16.1 Å². The second-order valence-electron chi connectivity index (χ2n) is 5.27. The summed E-state index contributed by atoms with van der Waals surface area (Å²) in [6, 6.07) is 9.26. The highest BCUT2D eigenvalue weighted by molar-refractivity contribution is 9.10. The maximum Gasteiger partial charge on any atom is 0.339 e. The summed E-state index contributed by atoms with van der Waals surface area (Å²) in [4.78, 5) is 11.3. The van der Waals surface area contributed by atoms with Gasteiger partial charge in [0.15, 0.2) is 0 Å². The van der Waals surface area contributed by atoms with Crippen molar-refractivity contribution in [2.75, 3.05) is 18.0 Å². The number of rotatable bonds is 4. The Kier molecular flexibility index (Phi) is 4.27. The minimum absolute atomic E-state index is 0.0727. The van der Waals surface area contributed by atoms with Gasteiger partial charge in [0, 0.05) is 11.0 Å². The fourth-order valence-corrected chi connectivity index (χ4v) is 4.67. The number of anilines is 1. The molecule has 1 heterocycles. The smallest absolute Gasteiger partial charge is 0.339 e. The molecule has 0 amide bonds. The van der Waals surface area contributed by atoms with Gasteiger partial charge in [-0.25, -0.2) is 13.2 Å². The summed E-state index contributed by atoms with van der Waals surface area (Å²) >= 11 is 3.37. The fourth-order valence-electron chi connectivity index (χ4n) is 2.73. The molecular weight excluding hydrogens is 398 g/mol. The van der Waals surface area contributed by atoms with E-state index >= 15 is 0 Å². The normalized spacial score (nSPS) is 13.7. The van der Waals surface area contributed by atoms with Gasteiger partial charge in [-0.1, -0.05) is 15.9 Å². The number of aromatic carboxylic acids is 1. The Hall–Kier alpha value is -2.06. The van der Waals surface area contributed by atoms with Crippen molar-refractivity contribution in [2.24, 2.45) is 0 Å². The summed E-state index contributed by atoms with van der Waals surface area (Å²) in [6.45, 7) is 0.322. The Balaban J connectivity index is 2.07. The Morgan fingerprint density at radius 2 is 2.00 bits per heavy atom. The highest BCUT2D eigenvalue weighted by atomic mass is 79.9. The van der Waals surface area contributed by atoms with Crippen LogP contribution in [-0.2, 0) is 16.4 Å². The Labute approximate surface area is 147 Å². The molecule has 0 saturated heterocycles. The van der Waals surface area contributed by atoms with Crippen LogP contribution in [0.5, 0.6) is 5.75 Å². The molecule has 0 spiro atoms. The van der Waals surface area contributed by atoms with E-state index in [1.807, 2.05) is 6.07 Å². The summed E-state index contributed by atoms with van der Waals surface area (Å²) in [6.07, 6.45) is 0.607. The number of carboxylic acids is 1. The molecule has 126 valence electrons. The van der Waals surface area contributed by atoms with Crippen LogP contribution in [-0.4, -0.2) is 33.1 Å². The summed E-state index contributed by atoms with van der Waals surface area (Å²) in [7, 11) is -2.51. The van der Waals surface area contributed by atoms with Gasteiger partial charge in [0.05, 0.1) is 17.7 Å². The van der Waals surface area contributed by atoms with Crippen molar-refractivity contribution in [2.45, 2.75) is 11.3 Å². The van der Waals surface area contributed by atoms with Crippen LogP contribution in [0, 0.1) is 0 Å². The number of sulfonamides is 1. The molecule has 3 rings (SSSR count). The Morgan fingerprint density at radius 1 is 1.25 bits per heavy atom. The number of halogens is 1. The predicted octanol–water partition coefficient (Wildman–Crippen LogP) is 2.91. The summed E-state index contributed by atoms with van der Waals surface area (Å²) < 4.78 is 33.0. The van der Waals surface area contributed by atoms with Crippen LogP contribution in [0.25, 0.3) is 0 Å². The summed E-state index contributed by atoms with van der Waals surface area (Å²) in [5.74, 6) is -1.12. The maximum atomic E-state index is 12.9. The molecule has 1 N–H and O–H groups in total. The van der Waals surface area contributed by atoms with Crippen LogP contribution in [0.15, 0.2) is 45.8 Å². The first-order chi connectivity index (χ1) is 11.3. The van der Waals surface area contributed by atoms with Gasteiger partial charge in [0.2, 0.25) is 0 Å². The molecule has 1 aliphatic rings. The molecule has 1 aliphatic heterocycles. The molecule has 0 atom stereocenters. The van der Waals surface area contributed by atoms with Gasteiger partial charge in [-0.05, 0) is 48.4 Å². The Morgan fingerprint density at radius 3 is 2.67 bits per heavy atom. The van der Waals surface area contributed by atoms with Crippen LogP contribution in [0.2, 0.25) is 0 Å². The lowest BCUT2D eigenvalue weighted by Gasteiger charge is -2.20. The average Bonchev–Trinajstić information content (AvgIpc) is 2.97. The first kappa shape index (κ1) is 16.8. The number of benzene rings is 2. The van der Waals surface area contributed by atoms with Crippen molar-refractivity contribution >= 4 is 37.6 Å². The standard InChI is InChI=1S/C16H14BrNO5S/c1-23-15-5-3-12(9-13(15)16(19)20)24(21,22)18-7-6-10-8-11(17)2-4-14(10)18/h2-5,8-9H,6-7H2,1H3,(H,19,20). The van der Waals surface area contributed by atoms with Crippen molar-refractivity contribution in [3.63, 3.8) is 0 Å². The van der Waals surface area contributed by atoms with E-state index < -0.39 is 16.0 Å². The van der Waals surface area contributed by atoms with Gasteiger partial charge in [0.25, 0.3) is 10.0 Å². The summed E-state index contributed by atoms with van der Waals surface area (Å²) in [5.41, 5.74) is 1.36. The molecule has 0 aliphatic carbocycles. The highest BCUT2D eigenvalue weighted by Gasteiger charge is 2.31. The average molecular weight is 412 g/mol. The molecule has 0 saturated carbocycles. The molecule has 0 unspecified atom stereocenters. The van der Waals surface area contributed by atoms with E-state index in [9.17, 15) is 18.3 Å². The van der Waals surface area contributed by atoms with Crippen LogP contribution in [0.4, 0.5) is 5.69 Å². The topological polar surface area (TPSA) is 83.9 Å². The van der Waals surface area contributed by atoms with Crippen LogP contribution >= 0.6 is 15.9 Å². The number of hydrogen-bond acceptors (Lipinski definition) is 4. The second-order valence-corrected chi connectivity index (χ2v) is 8.05. The number of ether oxygens (including phenoxy) is 1. The zero-order valence-corrected chi connectivity index (χ0v) is 15.1. The Bertz CT molecular complexity index is 926. The minimum Gasteiger partial charge on any atom is -0.496 e. The second kappa shape index (κ2) is 6.10. The monoisotopic (exact) mass is 411 g/mol. The molecule has 24 heavy (non-hydrogen) atoms. The molecule has 2 aromatic rings. The number of hydrogen-bond donors (Lipinski definition) is 1. The van der Waals surface area contributed by atoms with Crippen LogP contribution in [0.1, 0.15) is 15.9 Å². The van der Waals surface area contributed by atoms with Crippen LogP contribution < -0.4 is 9.04 Å². The summed E-state index contributed by atoms with van der Waals surface area (Å²) in [5, 5.41) is 9.25. The lowest BCUT2D eigenvalue weighted by atomic mass is 10.2. The van der Waals surface area contributed by atoms with E-state index in [2.05, 4.69) is 15.9 Å². The predicted molar refractivity (Wildman–Crippen MR) is 92.3 cm³/mol. The molecule has 0 bridgehead atoms. The van der Waals surface area contributed by atoms with Crippen molar-refractivity contribution < 1.29 is 23.1 Å². The number of nitrogens with zero attached hydrogens (tertiary/aromatic N) is 1. The maximum absolute atomic E-state index is 12.9. The van der Waals surface area contributed by atoms with E-state index in [0.29, 0.717) is 18.7 Å². The molecule has 0 aromatic heterocycles. The van der Waals surface area contributed by atoms with Gasteiger partial charge < -0.3 is 9.84 Å². The van der Waals surface area contributed by atoms with E-state index in [1.54, 1.807) is 12.1 Å². The number of carboxylic acid groups (broad SMARTS) is 1. The van der Waals surface area contributed by atoms with Crippen molar-refractivity contribution in [1.82, 2.24) is 0 Å². The van der Waals surface area contributed by atoms with E-state index in [1.165, 1.54) is 23.5 Å². The van der Waals surface area contributed by atoms with Gasteiger partial charge >= 0.3 is 5.97 Å². The number of fused-ring (bicyclic) bond motifs is 1. The molecule has 8 heteroatoms. The van der Waals surface area contributed by atoms with E-state index in [-0.39, 0.29) is 16.2 Å². The van der Waals surface area contributed by atoms with Gasteiger partial charge in [-0.3, -0.25) is 4.31 Å². The minimum atomic E-state index is -3.85. The first-order valence-corrected chi connectivity index (χ1v) is 9.30. The van der Waals surface area contributed by atoms with E-state index in [4.69, 9.17) is 4.74 Å².